The zero-order valence-corrected chi connectivity index (χ0v) is 19.0. The van der Waals surface area contributed by atoms with Crippen LogP contribution in [0.15, 0.2) is 59.3 Å². The predicted molar refractivity (Wildman–Crippen MR) is 122 cm³/mol. The van der Waals surface area contributed by atoms with Crippen LogP contribution in [0.3, 0.4) is 0 Å². The van der Waals surface area contributed by atoms with E-state index in [1.54, 1.807) is 12.1 Å². The van der Waals surface area contributed by atoms with Crippen molar-refractivity contribution in [2.45, 2.75) is 13.6 Å². The Hall–Kier alpha value is -2.29. The van der Waals surface area contributed by atoms with E-state index in [9.17, 15) is 9.18 Å². The van der Waals surface area contributed by atoms with Gasteiger partial charge in [-0.05, 0) is 61.6 Å². The molecule has 0 spiro atoms. The first-order valence-corrected chi connectivity index (χ1v) is 10.9. The van der Waals surface area contributed by atoms with Crippen LogP contribution in [-0.2, 0) is 6.67 Å². The molecule has 0 aliphatic carbocycles. The van der Waals surface area contributed by atoms with Gasteiger partial charge in [0.15, 0.2) is 10.6 Å². The lowest BCUT2D eigenvalue weighted by Gasteiger charge is -2.36. The Morgan fingerprint density at radius 1 is 1.07 bits per heavy atom. The Labute approximate surface area is 188 Å². The van der Waals surface area contributed by atoms with Crippen molar-refractivity contribution in [3.63, 3.8) is 0 Å². The van der Waals surface area contributed by atoms with Gasteiger partial charge in [0, 0.05) is 54.3 Å². The van der Waals surface area contributed by atoms with Gasteiger partial charge in [0.1, 0.15) is 5.82 Å². The summed E-state index contributed by atoms with van der Waals surface area (Å²) in [6, 6.07) is 12.8. The van der Waals surface area contributed by atoms with Gasteiger partial charge in [0.25, 0.3) is 0 Å². The van der Waals surface area contributed by atoms with Crippen LogP contribution in [0, 0.1) is 10.6 Å². The molecule has 4 rings (SSSR count). The average Bonchev–Trinajstić information content (AvgIpc) is 3.09. The number of hydrogen-bond donors (Lipinski definition) is 0. The molecule has 0 unspecified atom stereocenters. The van der Waals surface area contributed by atoms with Gasteiger partial charge in [-0.1, -0.05) is 15.9 Å². The molecular weight excluding hydrogens is 467 g/mol. The third-order valence-corrected chi connectivity index (χ3v) is 6.33. The van der Waals surface area contributed by atoms with E-state index in [1.807, 2.05) is 46.1 Å². The summed E-state index contributed by atoms with van der Waals surface area (Å²) >= 11 is 9.11. The van der Waals surface area contributed by atoms with E-state index < -0.39 is 0 Å². The Balaban J connectivity index is 1.40. The van der Waals surface area contributed by atoms with E-state index in [4.69, 9.17) is 12.2 Å². The van der Waals surface area contributed by atoms with Crippen LogP contribution in [0.5, 0.6) is 0 Å². The predicted octanol–water partition coefficient (Wildman–Crippen LogP) is 4.89. The van der Waals surface area contributed by atoms with Gasteiger partial charge < -0.3 is 9.47 Å². The van der Waals surface area contributed by atoms with E-state index in [0.29, 0.717) is 17.9 Å². The second-order valence-corrected chi connectivity index (χ2v) is 8.65. The minimum atomic E-state index is -0.343. The number of rotatable bonds is 5. The molecule has 30 heavy (non-hydrogen) atoms. The van der Waals surface area contributed by atoms with E-state index in [2.05, 4.69) is 25.4 Å². The summed E-state index contributed by atoms with van der Waals surface area (Å²) in [5.41, 5.74) is 1.98. The first-order chi connectivity index (χ1) is 14.4. The van der Waals surface area contributed by atoms with Crippen molar-refractivity contribution in [3.8, 4) is 5.69 Å². The Bertz CT molecular complexity index is 1120. The zero-order chi connectivity index (χ0) is 21.3. The zero-order valence-electron chi connectivity index (χ0n) is 16.6. The number of nitrogens with zero attached hydrogens (tertiary/aromatic N) is 4. The van der Waals surface area contributed by atoms with Gasteiger partial charge >= 0.3 is 0 Å². The molecular formula is C22H22BrFN4OS. The second kappa shape index (κ2) is 8.83. The summed E-state index contributed by atoms with van der Waals surface area (Å²) in [4.78, 5) is 15.8. The molecule has 1 aliphatic heterocycles. The first kappa shape index (κ1) is 21.0. The van der Waals surface area contributed by atoms with Gasteiger partial charge in [0.05, 0.1) is 12.4 Å². The molecule has 2 heterocycles. The van der Waals surface area contributed by atoms with Gasteiger partial charge in [0.2, 0.25) is 0 Å². The Morgan fingerprint density at radius 2 is 1.77 bits per heavy atom. The number of hydrogen-bond acceptors (Lipinski definition) is 4. The molecule has 8 heteroatoms. The molecule has 5 nitrogen and oxygen atoms in total. The number of Topliss-reactive ketones (excluding diaryl/α,β-unsaturated/α-hetero) is 1. The maximum Gasteiger partial charge on any atom is 0.185 e. The third kappa shape index (κ3) is 4.40. The van der Waals surface area contributed by atoms with Gasteiger partial charge in [-0.2, -0.15) is 0 Å². The number of carbonyl (C=O) groups is 1. The lowest BCUT2D eigenvalue weighted by molar-refractivity contribution is 0.101. The summed E-state index contributed by atoms with van der Waals surface area (Å²) in [6.07, 6.45) is 3.98. The van der Waals surface area contributed by atoms with Crippen molar-refractivity contribution in [2.75, 3.05) is 31.1 Å². The Morgan fingerprint density at radius 3 is 2.40 bits per heavy atom. The summed E-state index contributed by atoms with van der Waals surface area (Å²) in [5, 5.41) is 0. The third-order valence-electron chi connectivity index (χ3n) is 5.37. The minimum Gasteiger partial charge on any atom is -0.367 e. The molecule has 0 amide bonds. The highest BCUT2D eigenvalue weighted by Gasteiger charge is 2.20. The molecule has 1 aliphatic rings. The van der Waals surface area contributed by atoms with Gasteiger partial charge in [-0.15, -0.1) is 0 Å². The highest BCUT2D eigenvalue weighted by Crippen LogP contribution is 2.23. The molecule has 0 bridgehead atoms. The fraction of sp³-hybridized carbons (Fsp3) is 0.273. The fourth-order valence-electron chi connectivity index (χ4n) is 3.65. The van der Waals surface area contributed by atoms with Crippen LogP contribution in [0.4, 0.5) is 10.1 Å². The van der Waals surface area contributed by atoms with Crippen molar-refractivity contribution in [2.24, 2.45) is 0 Å². The number of ketones is 1. The minimum absolute atomic E-state index is 0.128. The topological polar surface area (TPSA) is 33.4 Å². The van der Waals surface area contributed by atoms with Crippen LogP contribution in [0.1, 0.15) is 17.3 Å². The monoisotopic (exact) mass is 488 g/mol. The van der Waals surface area contributed by atoms with Gasteiger partial charge in [-0.3, -0.25) is 14.3 Å². The summed E-state index contributed by atoms with van der Waals surface area (Å²) in [6.45, 7) is 5.19. The molecule has 1 aromatic heterocycles. The molecule has 156 valence electrons. The number of anilines is 1. The SMILES string of the molecule is CC(=O)c1ccc(N2CCN(Cn3ccn(-c4ccc(Br)cc4)c3=S)CC2)c(F)c1. The molecule has 0 radical (unpaired) electrons. The quantitative estimate of drug-likeness (QED) is 0.378. The lowest BCUT2D eigenvalue weighted by atomic mass is 10.1. The molecule has 0 atom stereocenters. The highest BCUT2D eigenvalue weighted by atomic mass is 79.9. The van der Waals surface area contributed by atoms with Crippen molar-refractivity contribution < 1.29 is 9.18 Å². The van der Waals surface area contributed by atoms with E-state index >= 15 is 0 Å². The van der Waals surface area contributed by atoms with Crippen LogP contribution in [0.2, 0.25) is 0 Å². The normalized spacial score (nSPS) is 14.8. The largest absolute Gasteiger partial charge is 0.367 e. The number of halogens is 2. The van der Waals surface area contributed by atoms with Crippen molar-refractivity contribution >= 4 is 39.6 Å². The number of benzene rings is 2. The highest BCUT2D eigenvalue weighted by molar-refractivity contribution is 9.10. The summed E-state index contributed by atoms with van der Waals surface area (Å²) < 4.78 is 20.3. The average molecular weight is 489 g/mol. The first-order valence-electron chi connectivity index (χ1n) is 9.74. The number of carbonyl (C=O) groups excluding carboxylic acids is 1. The van der Waals surface area contributed by atoms with Crippen LogP contribution < -0.4 is 4.90 Å². The summed E-state index contributed by atoms with van der Waals surface area (Å²) in [7, 11) is 0. The number of imidazole rings is 1. The fourth-order valence-corrected chi connectivity index (χ4v) is 4.20. The second-order valence-electron chi connectivity index (χ2n) is 7.37. The maximum absolute atomic E-state index is 14.4. The maximum atomic E-state index is 14.4. The lowest BCUT2D eigenvalue weighted by Crippen LogP contribution is -2.47. The number of piperazine rings is 1. The summed E-state index contributed by atoms with van der Waals surface area (Å²) in [5.74, 6) is -0.470. The van der Waals surface area contributed by atoms with E-state index in [-0.39, 0.29) is 11.6 Å². The molecule has 0 saturated carbocycles. The standard InChI is InChI=1S/C22H22BrFN4OS/c1-16(29)17-2-7-21(20(24)14-17)26-10-8-25(9-11-26)15-27-12-13-28(22(27)30)19-5-3-18(23)4-6-19/h2-7,12-14H,8-11,15H2,1H3. The molecule has 1 fully saturated rings. The smallest absolute Gasteiger partial charge is 0.185 e. The van der Waals surface area contributed by atoms with Crippen LogP contribution >= 0.6 is 28.1 Å². The van der Waals surface area contributed by atoms with E-state index in [0.717, 1.165) is 41.1 Å². The molecule has 2 aromatic carbocycles. The van der Waals surface area contributed by atoms with Gasteiger partial charge in [-0.25, -0.2) is 4.39 Å². The van der Waals surface area contributed by atoms with Crippen molar-refractivity contribution in [3.05, 3.63) is 75.5 Å². The van der Waals surface area contributed by atoms with Crippen molar-refractivity contribution in [1.29, 1.82) is 0 Å². The van der Waals surface area contributed by atoms with Crippen LogP contribution in [0.25, 0.3) is 5.69 Å². The van der Waals surface area contributed by atoms with Crippen LogP contribution in [-0.4, -0.2) is 46.0 Å². The molecule has 0 N–H and O–H groups in total. The molecule has 1 saturated heterocycles. The molecule has 3 aromatic rings. The van der Waals surface area contributed by atoms with Crippen molar-refractivity contribution in [1.82, 2.24) is 14.0 Å². The van der Waals surface area contributed by atoms with E-state index in [1.165, 1.54) is 13.0 Å². The Kier molecular flexibility index (Phi) is 6.17. The number of aromatic nitrogens is 2.